The van der Waals surface area contributed by atoms with Crippen molar-refractivity contribution >= 4 is 5.69 Å². The molecule has 8 heteroatoms. The second-order valence-electron chi connectivity index (χ2n) is 5.29. The van der Waals surface area contributed by atoms with Gasteiger partial charge >= 0.3 is 0 Å². The van der Waals surface area contributed by atoms with E-state index >= 15 is 0 Å². The van der Waals surface area contributed by atoms with Gasteiger partial charge in [0.2, 0.25) is 17.5 Å². The first-order chi connectivity index (χ1) is 12.6. The van der Waals surface area contributed by atoms with Crippen molar-refractivity contribution in [3.63, 3.8) is 0 Å². The van der Waals surface area contributed by atoms with E-state index in [4.69, 9.17) is 18.7 Å². The van der Waals surface area contributed by atoms with Gasteiger partial charge in [0.1, 0.15) is 5.82 Å². The van der Waals surface area contributed by atoms with Gasteiger partial charge in [-0.1, -0.05) is 5.16 Å². The minimum Gasteiger partial charge on any atom is -0.493 e. The Bertz CT molecular complexity index is 855. The normalized spacial score (nSPS) is 10.5. The summed E-state index contributed by atoms with van der Waals surface area (Å²) >= 11 is 0. The molecule has 3 aromatic rings. The summed E-state index contributed by atoms with van der Waals surface area (Å²) in [6.45, 7) is 0.309. The van der Waals surface area contributed by atoms with Crippen LogP contribution in [0, 0.1) is 5.82 Å². The van der Waals surface area contributed by atoms with E-state index in [2.05, 4.69) is 15.5 Å². The van der Waals surface area contributed by atoms with Crippen LogP contribution in [0.1, 0.15) is 5.89 Å². The van der Waals surface area contributed by atoms with Crippen molar-refractivity contribution in [1.82, 2.24) is 10.1 Å². The number of methoxy groups -OCH3 is 3. The lowest BCUT2D eigenvalue weighted by Crippen LogP contribution is -1.99. The highest BCUT2D eigenvalue weighted by molar-refractivity contribution is 5.66. The van der Waals surface area contributed by atoms with Crippen LogP contribution in [0.25, 0.3) is 11.4 Å². The van der Waals surface area contributed by atoms with Gasteiger partial charge < -0.3 is 24.1 Å². The van der Waals surface area contributed by atoms with Crippen LogP contribution in [-0.4, -0.2) is 31.5 Å². The minimum absolute atomic E-state index is 0.293. The number of hydrogen-bond donors (Lipinski definition) is 1. The van der Waals surface area contributed by atoms with E-state index in [1.165, 1.54) is 33.5 Å². The third-order valence-corrected chi connectivity index (χ3v) is 3.68. The number of aromatic nitrogens is 2. The molecule has 1 aromatic heterocycles. The first kappa shape index (κ1) is 17.5. The largest absolute Gasteiger partial charge is 0.493 e. The minimum atomic E-state index is -0.293. The molecule has 1 heterocycles. The number of halogens is 1. The number of benzene rings is 2. The molecule has 0 aliphatic rings. The molecule has 0 atom stereocenters. The van der Waals surface area contributed by atoms with E-state index in [0.717, 1.165) is 5.69 Å². The van der Waals surface area contributed by atoms with Gasteiger partial charge in [0.15, 0.2) is 11.5 Å². The topological polar surface area (TPSA) is 78.6 Å². The van der Waals surface area contributed by atoms with Gasteiger partial charge in [0.25, 0.3) is 0 Å². The Balaban J connectivity index is 1.79. The van der Waals surface area contributed by atoms with E-state index in [1.54, 1.807) is 24.3 Å². The second-order valence-corrected chi connectivity index (χ2v) is 5.29. The Labute approximate surface area is 149 Å². The van der Waals surface area contributed by atoms with Crippen LogP contribution in [-0.2, 0) is 6.54 Å². The van der Waals surface area contributed by atoms with E-state index < -0.39 is 0 Å². The zero-order valence-corrected chi connectivity index (χ0v) is 14.6. The van der Waals surface area contributed by atoms with Gasteiger partial charge in [-0.3, -0.25) is 0 Å². The van der Waals surface area contributed by atoms with Crippen molar-refractivity contribution in [2.45, 2.75) is 6.54 Å². The number of rotatable bonds is 7. The summed E-state index contributed by atoms with van der Waals surface area (Å²) in [5.74, 6) is 1.96. The van der Waals surface area contributed by atoms with Crippen LogP contribution in [0.4, 0.5) is 10.1 Å². The molecule has 3 rings (SSSR count). The van der Waals surface area contributed by atoms with E-state index in [9.17, 15) is 4.39 Å². The Hall–Kier alpha value is -3.29. The lowest BCUT2D eigenvalue weighted by atomic mass is 10.1. The Morgan fingerprint density at radius 2 is 1.65 bits per heavy atom. The lowest BCUT2D eigenvalue weighted by molar-refractivity contribution is 0.324. The smallest absolute Gasteiger partial charge is 0.246 e. The molecule has 0 spiro atoms. The van der Waals surface area contributed by atoms with Crippen molar-refractivity contribution in [2.24, 2.45) is 0 Å². The zero-order valence-electron chi connectivity index (χ0n) is 14.6. The SMILES string of the molecule is COc1cc(-c2noc(CNc3ccc(F)cc3)n2)cc(OC)c1OC. The summed E-state index contributed by atoms with van der Waals surface area (Å²) < 4.78 is 34.1. The molecule has 0 fully saturated rings. The molecule has 26 heavy (non-hydrogen) atoms. The van der Waals surface area contributed by atoms with Gasteiger partial charge in [-0.15, -0.1) is 0 Å². The molecule has 0 saturated heterocycles. The molecular weight excluding hydrogens is 341 g/mol. The van der Waals surface area contributed by atoms with Gasteiger partial charge in [0.05, 0.1) is 27.9 Å². The molecule has 0 bridgehead atoms. The average Bonchev–Trinajstić information content (AvgIpc) is 3.15. The van der Waals surface area contributed by atoms with Crippen LogP contribution < -0.4 is 19.5 Å². The van der Waals surface area contributed by atoms with Gasteiger partial charge in [-0.05, 0) is 36.4 Å². The Morgan fingerprint density at radius 1 is 1.00 bits per heavy atom. The average molecular weight is 359 g/mol. The molecular formula is C18H18FN3O4. The maximum atomic E-state index is 12.9. The molecule has 136 valence electrons. The summed E-state index contributed by atoms with van der Waals surface area (Å²) in [6.07, 6.45) is 0. The van der Waals surface area contributed by atoms with Crippen molar-refractivity contribution in [3.05, 3.63) is 48.1 Å². The summed E-state index contributed by atoms with van der Waals surface area (Å²) in [7, 11) is 4.61. The molecule has 0 aliphatic carbocycles. The van der Waals surface area contributed by atoms with E-state index in [1.807, 2.05) is 0 Å². The first-order valence-electron chi connectivity index (χ1n) is 7.77. The van der Waals surface area contributed by atoms with Crippen molar-refractivity contribution < 1.29 is 23.1 Å². The number of ether oxygens (including phenoxy) is 3. The molecule has 7 nitrogen and oxygen atoms in total. The van der Waals surface area contributed by atoms with E-state index in [0.29, 0.717) is 41.1 Å². The zero-order chi connectivity index (χ0) is 18.5. The van der Waals surface area contributed by atoms with Gasteiger partial charge in [-0.25, -0.2) is 4.39 Å². The molecule has 1 N–H and O–H groups in total. The second kappa shape index (κ2) is 7.73. The number of hydrogen-bond acceptors (Lipinski definition) is 7. The number of anilines is 1. The summed E-state index contributed by atoms with van der Waals surface area (Å²) in [5, 5.41) is 7.07. The first-order valence-corrected chi connectivity index (χ1v) is 7.77. The molecule has 0 radical (unpaired) electrons. The maximum absolute atomic E-state index is 12.9. The van der Waals surface area contributed by atoms with Crippen LogP contribution in [0.5, 0.6) is 17.2 Å². The highest BCUT2D eigenvalue weighted by Gasteiger charge is 2.17. The fraction of sp³-hybridized carbons (Fsp3) is 0.222. The highest BCUT2D eigenvalue weighted by Crippen LogP contribution is 2.40. The number of nitrogens with zero attached hydrogens (tertiary/aromatic N) is 2. The maximum Gasteiger partial charge on any atom is 0.246 e. The van der Waals surface area contributed by atoms with Crippen LogP contribution in [0.15, 0.2) is 40.9 Å². The fourth-order valence-corrected chi connectivity index (χ4v) is 2.40. The standard InChI is InChI=1S/C18H18FN3O4/c1-23-14-8-11(9-15(24-2)17(14)25-3)18-21-16(26-22-18)10-20-13-6-4-12(19)5-7-13/h4-9,20H,10H2,1-3H3. The predicted octanol–water partition coefficient (Wildman–Crippen LogP) is 3.51. The lowest BCUT2D eigenvalue weighted by Gasteiger charge is -2.12. The quantitative estimate of drug-likeness (QED) is 0.691. The molecule has 0 unspecified atom stereocenters. The molecule has 0 aliphatic heterocycles. The predicted molar refractivity (Wildman–Crippen MR) is 93.1 cm³/mol. The van der Waals surface area contributed by atoms with E-state index in [-0.39, 0.29) is 5.82 Å². The fourth-order valence-electron chi connectivity index (χ4n) is 2.40. The van der Waals surface area contributed by atoms with Crippen LogP contribution in [0.2, 0.25) is 0 Å². The van der Waals surface area contributed by atoms with Gasteiger partial charge in [-0.2, -0.15) is 4.98 Å². The summed E-state index contributed by atoms with van der Waals surface area (Å²) in [4.78, 5) is 4.35. The number of nitrogens with one attached hydrogen (secondary N) is 1. The van der Waals surface area contributed by atoms with Crippen molar-refractivity contribution in [1.29, 1.82) is 0 Å². The monoisotopic (exact) mass is 359 g/mol. The molecule has 2 aromatic carbocycles. The Kier molecular flexibility index (Phi) is 5.21. The third kappa shape index (κ3) is 3.69. The van der Waals surface area contributed by atoms with Gasteiger partial charge in [0, 0.05) is 11.3 Å². The third-order valence-electron chi connectivity index (χ3n) is 3.68. The van der Waals surface area contributed by atoms with Crippen molar-refractivity contribution in [3.8, 4) is 28.6 Å². The molecule has 0 saturated carbocycles. The van der Waals surface area contributed by atoms with Crippen LogP contribution >= 0.6 is 0 Å². The van der Waals surface area contributed by atoms with Crippen molar-refractivity contribution in [2.75, 3.05) is 26.6 Å². The molecule has 0 amide bonds. The van der Waals surface area contributed by atoms with Crippen LogP contribution in [0.3, 0.4) is 0 Å². The highest BCUT2D eigenvalue weighted by atomic mass is 19.1. The summed E-state index contributed by atoms with van der Waals surface area (Å²) in [5.41, 5.74) is 1.41. The summed E-state index contributed by atoms with van der Waals surface area (Å²) in [6, 6.07) is 9.49. The Morgan fingerprint density at radius 3 is 2.23 bits per heavy atom.